The topological polar surface area (TPSA) is 67.9 Å². The summed E-state index contributed by atoms with van der Waals surface area (Å²) in [5.41, 5.74) is 6.31. The molecule has 0 saturated carbocycles. The molecule has 0 aromatic heterocycles. The molecule has 1 aliphatic rings. The molecule has 3 aromatic rings. The summed E-state index contributed by atoms with van der Waals surface area (Å²) in [6.07, 6.45) is 4.01. The van der Waals surface area contributed by atoms with Gasteiger partial charge in [-0.2, -0.15) is 5.01 Å². The molecule has 1 saturated heterocycles. The number of allylic oxidation sites excluding steroid dienone is 1. The number of thiocarbonyl (C=S) groups is 1. The Labute approximate surface area is 250 Å². The van der Waals surface area contributed by atoms with Crippen LogP contribution in [-0.4, -0.2) is 28.3 Å². The summed E-state index contributed by atoms with van der Waals surface area (Å²) in [7, 11) is 1.56. The van der Waals surface area contributed by atoms with Crippen LogP contribution < -0.4 is 14.9 Å². The third-order valence-corrected chi connectivity index (χ3v) is 7.85. The Hall–Kier alpha value is -3.11. The van der Waals surface area contributed by atoms with Crippen LogP contribution in [0, 0.1) is 6.92 Å². The predicted octanol–water partition coefficient (Wildman–Crippen LogP) is 7.27. The zero-order valence-corrected chi connectivity index (χ0v) is 25.1. The molecule has 0 bridgehead atoms. The van der Waals surface area contributed by atoms with E-state index < -0.39 is 11.8 Å². The smallest absolute Gasteiger partial charge is 0.285 e. The Morgan fingerprint density at radius 1 is 1.21 bits per heavy atom. The van der Waals surface area contributed by atoms with Crippen molar-refractivity contribution in [1.29, 1.82) is 0 Å². The van der Waals surface area contributed by atoms with Crippen molar-refractivity contribution in [2.24, 2.45) is 0 Å². The second-order valence-electron chi connectivity index (χ2n) is 8.56. The molecule has 0 spiro atoms. The van der Waals surface area contributed by atoms with Crippen molar-refractivity contribution in [2.45, 2.75) is 20.0 Å². The first kappa shape index (κ1) is 28.9. The van der Waals surface area contributed by atoms with Gasteiger partial charge in [-0.25, -0.2) is 0 Å². The molecule has 4 rings (SSSR count). The van der Waals surface area contributed by atoms with E-state index in [1.54, 1.807) is 43.5 Å². The quantitative estimate of drug-likeness (QED) is 0.150. The van der Waals surface area contributed by atoms with E-state index in [2.05, 4.69) is 27.9 Å². The van der Waals surface area contributed by atoms with E-state index in [1.807, 2.05) is 37.3 Å². The molecule has 39 heavy (non-hydrogen) atoms. The summed E-state index contributed by atoms with van der Waals surface area (Å²) in [5, 5.41) is 1.35. The van der Waals surface area contributed by atoms with Gasteiger partial charge in [0.2, 0.25) is 0 Å². The Balaban J connectivity index is 1.57. The van der Waals surface area contributed by atoms with Gasteiger partial charge in [-0.05, 0) is 84.7 Å². The number of nitrogens with zero attached hydrogens (tertiary/aromatic N) is 1. The molecule has 1 aliphatic heterocycles. The number of hydrogen-bond donors (Lipinski definition) is 1. The molecule has 0 atom stereocenters. The number of amides is 2. The summed E-state index contributed by atoms with van der Waals surface area (Å²) in [6.45, 7) is 6.09. The Morgan fingerprint density at radius 3 is 2.62 bits per heavy atom. The van der Waals surface area contributed by atoms with Gasteiger partial charge >= 0.3 is 0 Å². The maximum atomic E-state index is 13.2. The first-order valence-electron chi connectivity index (χ1n) is 11.7. The van der Waals surface area contributed by atoms with Gasteiger partial charge in [-0.3, -0.25) is 15.0 Å². The lowest BCUT2D eigenvalue weighted by atomic mass is 10.0. The molecular weight excluding hydrogens is 620 g/mol. The average molecular weight is 644 g/mol. The highest BCUT2D eigenvalue weighted by Crippen LogP contribution is 2.37. The van der Waals surface area contributed by atoms with Crippen LogP contribution in [0.2, 0.25) is 5.02 Å². The number of nitrogens with one attached hydrogen (secondary N) is 1. The minimum atomic E-state index is -0.528. The molecule has 0 aliphatic carbocycles. The number of aryl methyl sites for hydroxylation is 1. The van der Waals surface area contributed by atoms with Crippen molar-refractivity contribution in [3.05, 3.63) is 109 Å². The van der Waals surface area contributed by atoms with Gasteiger partial charge in [-0.15, -0.1) is 6.58 Å². The van der Waals surface area contributed by atoms with Crippen LogP contribution in [0.5, 0.6) is 11.5 Å². The molecule has 0 unspecified atom stereocenters. The highest BCUT2D eigenvalue weighted by molar-refractivity contribution is 9.10. The normalized spacial score (nSPS) is 14.1. The van der Waals surface area contributed by atoms with E-state index >= 15 is 0 Å². The van der Waals surface area contributed by atoms with Gasteiger partial charge in [0.1, 0.15) is 6.61 Å². The lowest BCUT2D eigenvalue weighted by molar-refractivity contribution is -0.123. The predicted molar refractivity (Wildman–Crippen MR) is 164 cm³/mol. The van der Waals surface area contributed by atoms with Gasteiger partial charge in [0.15, 0.2) is 15.8 Å². The summed E-state index contributed by atoms with van der Waals surface area (Å²) < 4.78 is 13.0. The number of ether oxygens (including phenoxy) is 2. The van der Waals surface area contributed by atoms with Crippen LogP contribution in [0.3, 0.4) is 0 Å². The van der Waals surface area contributed by atoms with Crippen molar-refractivity contribution in [3.63, 3.8) is 0 Å². The fourth-order valence-corrected chi connectivity index (χ4v) is 5.57. The monoisotopic (exact) mass is 642 g/mol. The number of halogens is 2. The van der Waals surface area contributed by atoms with E-state index in [1.165, 1.54) is 0 Å². The molecule has 1 fully saturated rings. The third-order valence-electron chi connectivity index (χ3n) is 5.71. The van der Waals surface area contributed by atoms with Gasteiger partial charge < -0.3 is 9.47 Å². The molecule has 2 amide bonds. The van der Waals surface area contributed by atoms with Crippen LogP contribution in [0.25, 0.3) is 6.08 Å². The number of carbonyl (C=O) groups excluding carboxylic acids is 2. The van der Waals surface area contributed by atoms with Crippen molar-refractivity contribution in [3.8, 4) is 11.5 Å². The number of benzene rings is 3. The Morgan fingerprint density at radius 2 is 1.95 bits per heavy atom. The number of methoxy groups -OCH3 is 1. The van der Waals surface area contributed by atoms with E-state index in [-0.39, 0.29) is 14.9 Å². The third kappa shape index (κ3) is 6.91. The van der Waals surface area contributed by atoms with Crippen molar-refractivity contribution >= 4 is 73.7 Å². The maximum Gasteiger partial charge on any atom is 0.285 e. The maximum absolute atomic E-state index is 13.2. The largest absolute Gasteiger partial charge is 0.493 e. The SMILES string of the molecule is C=CCc1cc(/C=C2\SC(=S)N(NC(=O)c3ccc(C)cc3Cl)C2=O)cc(OC)c1OCc1ccc(Br)cc1. The highest BCUT2D eigenvalue weighted by Gasteiger charge is 2.34. The van der Waals surface area contributed by atoms with Crippen LogP contribution >= 0.6 is 51.5 Å². The number of carbonyl (C=O) groups is 2. The number of hydrazine groups is 1. The number of hydrogen-bond acceptors (Lipinski definition) is 6. The fraction of sp³-hybridized carbons (Fsp3) is 0.138. The van der Waals surface area contributed by atoms with Crippen LogP contribution in [0.1, 0.15) is 32.6 Å². The average Bonchev–Trinajstić information content (AvgIpc) is 3.16. The van der Waals surface area contributed by atoms with E-state index in [0.29, 0.717) is 35.0 Å². The molecular formula is C29H24BrClN2O4S2. The van der Waals surface area contributed by atoms with Gasteiger partial charge in [0.05, 0.1) is 22.6 Å². The zero-order valence-electron chi connectivity index (χ0n) is 21.1. The highest BCUT2D eigenvalue weighted by atomic mass is 79.9. The molecule has 3 aromatic carbocycles. The fourth-order valence-electron chi connectivity index (χ4n) is 3.81. The van der Waals surface area contributed by atoms with Crippen LogP contribution in [0.15, 0.2) is 76.6 Å². The first-order valence-corrected chi connectivity index (χ1v) is 14.1. The molecule has 10 heteroatoms. The van der Waals surface area contributed by atoms with Gasteiger partial charge in [-0.1, -0.05) is 63.6 Å². The molecule has 1 heterocycles. The minimum Gasteiger partial charge on any atom is -0.493 e. The van der Waals surface area contributed by atoms with E-state index in [0.717, 1.165) is 37.9 Å². The zero-order chi connectivity index (χ0) is 28.1. The van der Waals surface area contributed by atoms with Crippen LogP contribution in [-0.2, 0) is 17.8 Å². The minimum absolute atomic E-state index is 0.204. The summed E-state index contributed by atoms with van der Waals surface area (Å²) in [5.74, 6) is 0.156. The van der Waals surface area contributed by atoms with Crippen molar-refractivity contribution in [1.82, 2.24) is 10.4 Å². The lowest BCUT2D eigenvalue weighted by Gasteiger charge is -2.17. The van der Waals surface area contributed by atoms with Crippen molar-refractivity contribution < 1.29 is 19.1 Å². The standard InChI is InChI=1S/C29H24BrClN2O4S2/c1-4-5-20-13-19(14-24(36-3)26(20)37-16-18-7-9-21(30)10-8-18)15-25-28(35)33(29(38)39-25)32-27(34)22-11-6-17(2)12-23(22)31/h4,6-15H,1,5,16H2,2-3H3,(H,32,34)/b25-15-. The summed E-state index contributed by atoms with van der Waals surface area (Å²) >= 11 is 16.1. The Bertz CT molecular complexity index is 1490. The van der Waals surface area contributed by atoms with Gasteiger partial charge in [0, 0.05) is 10.0 Å². The number of thioether (sulfide) groups is 1. The van der Waals surface area contributed by atoms with Crippen LogP contribution in [0.4, 0.5) is 0 Å². The first-order chi connectivity index (χ1) is 18.7. The summed E-state index contributed by atoms with van der Waals surface area (Å²) in [4.78, 5) is 26.3. The van der Waals surface area contributed by atoms with E-state index in [4.69, 9.17) is 33.3 Å². The second-order valence-corrected chi connectivity index (χ2v) is 11.6. The lowest BCUT2D eigenvalue weighted by Crippen LogP contribution is -2.44. The van der Waals surface area contributed by atoms with E-state index in [9.17, 15) is 9.59 Å². The van der Waals surface area contributed by atoms with Gasteiger partial charge in [0.25, 0.3) is 11.8 Å². The molecule has 6 nitrogen and oxygen atoms in total. The molecule has 0 radical (unpaired) electrons. The molecule has 200 valence electrons. The second kappa shape index (κ2) is 12.8. The molecule has 1 N–H and O–H groups in total. The van der Waals surface area contributed by atoms with Crippen molar-refractivity contribution in [2.75, 3.05) is 7.11 Å². The Kier molecular flexibility index (Phi) is 9.50. The number of rotatable bonds is 9. The summed E-state index contributed by atoms with van der Waals surface area (Å²) in [6, 6.07) is 16.6.